The number of aromatic hydroxyl groups is 1. The Morgan fingerprint density at radius 1 is 0.739 bits per heavy atom. The lowest BCUT2D eigenvalue weighted by Gasteiger charge is -2.29. The number of likely N-dealkylation sites (N-methyl/N-ethyl adjacent to an activating group) is 1. The molecule has 0 aliphatic carbocycles. The summed E-state index contributed by atoms with van der Waals surface area (Å²) in [6.45, 7) is 17.8. The van der Waals surface area contributed by atoms with Crippen molar-refractivity contribution in [2.75, 3.05) is 13.1 Å². The quantitative estimate of drug-likeness (QED) is 0.114. The molecule has 0 aliphatic heterocycles. The van der Waals surface area contributed by atoms with E-state index < -0.39 is 36.0 Å². The van der Waals surface area contributed by atoms with E-state index >= 15 is 0 Å². The molecule has 12 nitrogen and oxygen atoms in total. The monoisotopic (exact) mass is 646 g/mol. The normalized spacial score (nSPS) is 15.2. The number of phenolic OH excluding ortho intramolecular Hbond substituents is 1. The second-order valence-electron chi connectivity index (χ2n) is 12.8. The molecule has 12 heteroatoms. The Bertz CT molecular complexity index is 1130. The highest BCUT2D eigenvalue weighted by Crippen LogP contribution is 2.14. The van der Waals surface area contributed by atoms with Gasteiger partial charge in [-0.05, 0) is 68.7 Å². The first-order valence-corrected chi connectivity index (χ1v) is 16.7. The third-order valence-electron chi connectivity index (χ3n) is 7.89. The Hall–Kier alpha value is -3.67. The number of hydrogen-bond donors (Lipinski definition) is 7. The van der Waals surface area contributed by atoms with Gasteiger partial charge in [0.2, 0.25) is 23.6 Å². The smallest absolute Gasteiger partial charge is 0.251 e. The molecule has 46 heavy (non-hydrogen) atoms. The third kappa shape index (κ3) is 13.8. The average Bonchev–Trinajstić information content (AvgIpc) is 3.00. The summed E-state index contributed by atoms with van der Waals surface area (Å²) in [6.07, 6.45) is 2.28. The van der Waals surface area contributed by atoms with E-state index in [0.29, 0.717) is 44.3 Å². The van der Waals surface area contributed by atoms with Crippen LogP contribution in [0.25, 0.3) is 0 Å². The maximum absolute atomic E-state index is 13.5. The van der Waals surface area contributed by atoms with Crippen LogP contribution in [0.3, 0.4) is 0 Å². The number of hydrogen-bond acceptors (Lipinski definition) is 7. The SMILES string of the molecule is CCC[C@H](NC(=O)[C@@H](NC(=O)c1ccc(O)cc1)[C@@H](C)CC)C(=O)N[C@H](CN[C@@H](C)C(=O)N[C@H](C(=O)NCC)C(C)C)CC(C)C. The summed E-state index contributed by atoms with van der Waals surface area (Å²) < 4.78 is 0. The van der Waals surface area contributed by atoms with Gasteiger partial charge in [0.25, 0.3) is 5.91 Å². The summed E-state index contributed by atoms with van der Waals surface area (Å²) in [5, 5.41) is 27.0. The minimum Gasteiger partial charge on any atom is -0.508 e. The van der Waals surface area contributed by atoms with Crippen LogP contribution in [0.5, 0.6) is 5.75 Å². The first-order valence-electron chi connectivity index (χ1n) is 16.7. The Labute approximate surface area is 275 Å². The minimum absolute atomic E-state index is 0.0288. The van der Waals surface area contributed by atoms with Gasteiger partial charge in [-0.15, -0.1) is 0 Å². The molecule has 7 N–H and O–H groups in total. The summed E-state index contributed by atoms with van der Waals surface area (Å²) in [6, 6.07) is 2.44. The van der Waals surface area contributed by atoms with Gasteiger partial charge in [-0.1, -0.05) is 61.3 Å². The van der Waals surface area contributed by atoms with Gasteiger partial charge in [0.05, 0.1) is 6.04 Å². The zero-order chi connectivity index (χ0) is 35.0. The van der Waals surface area contributed by atoms with Crippen LogP contribution < -0.4 is 31.9 Å². The Balaban J connectivity index is 2.97. The van der Waals surface area contributed by atoms with Gasteiger partial charge in [0.15, 0.2) is 0 Å². The van der Waals surface area contributed by atoms with E-state index in [-0.39, 0.29) is 47.3 Å². The third-order valence-corrected chi connectivity index (χ3v) is 7.89. The molecule has 1 aromatic carbocycles. The van der Waals surface area contributed by atoms with Crippen molar-refractivity contribution in [3.05, 3.63) is 29.8 Å². The zero-order valence-corrected chi connectivity index (χ0v) is 29.2. The van der Waals surface area contributed by atoms with Crippen molar-refractivity contribution in [3.63, 3.8) is 0 Å². The predicted molar refractivity (Wildman–Crippen MR) is 180 cm³/mol. The lowest BCUT2D eigenvalue weighted by Crippen LogP contribution is -2.58. The van der Waals surface area contributed by atoms with Gasteiger partial charge in [0, 0.05) is 24.7 Å². The maximum atomic E-state index is 13.5. The zero-order valence-electron chi connectivity index (χ0n) is 29.2. The Morgan fingerprint density at radius 3 is 1.89 bits per heavy atom. The van der Waals surface area contributed by atoms with E-state index in [9.17, 15) is 29.1 Å². The van der Waals surface area contributed by atoms with Crippen molar-refractivity contribution in [1.82, 2.24) is 31.9 Å². The van der Waals surface area contributed by atoms with Crippen molar-refractivity contribution >= 4 is 29.5 Å². The van der Waals surface area contributed by atoms with Crippen LogP contribution in [0.4, 0.5) is 0 Å². The molecule has 6 atom stereocenters. The lowest BCUT2D eigenvalue weighted by atomic mass is 9.97. The molecule has 0 saturated heterocycles. The molecule has 0 radical (unpaired) electrons. The van der Waals surface area contributed by atoms with Crippen LogP contribution in [0, 0.1) is 17.8 Å². The van der Waals surface area contributed by atoms with E-state index in [1.807, 2.05) is 55.4 Å². The molecule has 260 valence electrons. The van der Waals surface area contributed by atoms with Crippen LogP contribution in [-0.4, -0.2) is 77.9 Å². The van der Waals surface area contributed by atoms with Crippen LogP contribution in [0.2, 0.25) is 0 Å². The molecule has 1 aromatic rings. The minimum atomic E-state index is -0.875. The van der Waals surface area contributed by atoms with Crippen LogP contribution in [0.1, 0.15) is 98.4 Å². The molecule has 0 heterocycles. The number of amides is 5. The highest BCUT2D eigenvalue weighted by atomic mass is 16.3. The number of nitrogens with one attached hydrogen (secondary N) is 6. The van der Waals surface area contributed by atoms with Crippen LogP contribution in [-0.2, 0) is 19.2 Å². The number of carbonyl (C=O) groups excluding carboxylic acids is 5. The Kier molecular flexibility index (Phi) is 17.9. The first-order chi connectivity index (χ1) is 21.6. The molecule has 0 bridgehead atoms. The van der Waals surface area contributed by atoms with Crippen molar-refractivity contribution in [1.29, 1.82) is 0 Å². The van der Waals surface area contributed by atoms with Gasteiger partial charge in [-0.2, -0.15) is 0 Å². The highest BCUT2D eigenvalue weighted by molar-refractivity contribution is 5.98. The van der Waals surface area contributed by atoms with Gasteiger partial charge in [-0.25, -0.2) is 0 Å². The predicted octanol–water partition coefficient (Wildman–Crippen LogP) is 2.61. The maximum Gasteiger partial charge on any atom is 0.251 e. The second kappa shape index (κ2) is 20.5. The molecule has 0 fully saturated rings. The topological polar surface area (TPSA) is 178 Å². The first kappa shape index (κ1) is 40.4. The van der Waals surface area contributed by atoms with E-state index in [1.54, 1.807) is 6.92 Å². The summed E-state index contributed by atoms with van der Waals surface area (Å²) in [5.41, 5.74) is 0.303. The summed E-state index contributed by atoms with van der Waals surface area (Å²) in [7, 11) is 0. The van der Waals surface area contributed by atoms with Crippen molar-refractivity contribution < 1.29 is 29.1 Å². The molecule has 0 unspecified atom stereocenters. The fourth-order valence-corrected chi connectivity index (χ4v) is 4.93. The molecule has 0 spiro atoms. The molecule has 0 saturated carbocycles. The molecule has 0 aliphatic rings. The standard InChI is InChI=1S/C34H58N6O6/c1-10-13-27(38-34(46)29(22(8)11-2)40-31(43)24-14-16-26(41)17-15-24)32(44)37-25(18-20(4)5)19-36-23(9)30(42)39-28(21(6)7)33(45)35-12-3/h14-17,20-23,25,27-29,36,41H,10-13,18-19H2,1-9H3,(H,35,45)(H,37,44)(H,38,46)(H,39,42)(H,40,43)/t22-,23-,25-,27-,28-,29-/m0/s1. The van der Waals surface area contributed by atoms with E-state index in [2.05, 4.69) is 31.9 Å². The number of benzene rings is 1. The summed E-state index contributed by atoms with van der Waals surface area (Å²) in [5.74, 6) is -1.84. The summed E-state index contributed by atoms with van der Waals surface area (Å²) >= 11 is 0. The Morgan fingerprint density at radius 2 is 1.37 bits per heavy atom. The molecule has 1 rings (SSSR count). The fourth-order valence-electron chi connectivity index (χ4n) is 4.93. The number of carbonyl (C=O) groups is 5. The second-order valence-corrected chi connectivity index (χ2v) is 12.8. The van der Waals surface area contributed by atoms with E-state index in [0.717, 1.165) is 0 Å². The lowest BCUT2D eigenvalue weighted by molar-refractivity contribution is -0.131. The van der Waals surface area contributed by atoms with E-state index in [4.69, 9.17) is 0 Å². The van der Waals surface area contributed by atoms with Gasteiger partial charge < -0.3 is 37.0 Å². The molecule has 0 aromatic heterocycles. The van der Waals surface area contributed by atoms with Gasteiger partial charge in [-0.3, -0.25) is 24.0 Å². The number of phenols is 1. The molecular weight excluding hydrogens is 588 g/mol. The largest absolute Gasteiger partial charge is 0.508 e. The molecule has 5 amide bonds. The van der Waals surface area contributed by atoms with Gasteiger partial charge in [0.1, 0.15) is 23.9 Å². The number of rotatable bonds is 20. The van der Waals surface area contributed by atoms with Crippen molar-refractivity contribution in [3.8, 4) is 5.75 Å². The van der Waals surface area contributed by atoms with Crippen LogP contribution >= 0.6 is 0 Å². The molecular formula is C34H58N6O6. The van der Waals surface area contributed by atoms with Crippen molar-refractivity contribution in [2.45, 2.75) is 118 Å². The van der Waals surface area contributed by atoms with Crippen LogP contribution in [0.15, 0.2) is 24.3 Å². The summed E-state index contributed by atoms with van der Waals surface area (Å²) in [4.78, 5) is 65.3. The highest BCUT2D eigenvalue weighted by Gasteiger charge is 2.31. The fraction of sp³-hybridized carbons (Fsp3) is 0.676. The van der Waals surface area contributed by atoms with Crippen molar-refractivity contribution in [2.24, 2.45) is 17.8 Å². The van der Waals surface area contributed by atoms with Gasteiger partial charge >= 0.3 is 0 Å². The van der Waals surface area contributed by atoms with E-state index in [1.165, 1.54) is 24.3 Å². The average molecular weight is 647 g/mol.